The van der Waals surface area contributed by atoms with E-state index in [4.69, 9.17) is 5.73 Å². The van der Waals surface area contributed by atoms with Gasteiger partial charge >= 0.3 is 0 Å². The Bertz CT molecular complexity index is 749. The largest absolute Gasteiger partial charge is 0.370 e. The second-order valence-electron chi connectivity index (χ2n) is 6.23. The second kappa shape index (κ2) is 6.36. The van der Waals surface area contributed by atoms with Crippen LogP contribution in [0.4, 0.5) is 0 Å². The van der Waals surface area contributed by atoms with Crippen molar-refractivity contribution in [2.75, 3.05) is 13.1 Å². The number of nitrogens with zero attached hydrogens (tertiary/aromatic N) is 2. The van der Waals surface area contributed by atoms with Gasteiger partial charge in [-0.1, -0.05) is 18.2 Å². The van der Waals surface area contributed by atoms with Crippen LogP contribution in [0.5, 0.6) is 0 Å². The lowest BCUT2D eigenvalue weighted by Gasteiger charge is -2.31. The average Bonchev–Trinajstić information content (AvgIpc) is 2.53. The third-order valence-electron chi connectivity index (χ3n) is 4.47. The third kappa shape index (κ3) is 3.33. The molecule has 0 aliphatic carbocycles. The van der Waals surface area contributed by atoms with Crippen LogP contribution in [-0.4, -0.2) is 34.8 Å². The van der Waals surface area contributed by atoms with Crippen molar-refractivity contribution in [3.05, 3.63) is 41.6 Å². The van der Waals surface area contributed by atoms with Crippen molar-refractivity contribution in [3.8, 4) is 0 Å². The lowest BCUT2D eigenvalue weighted by atomic mass is 9.93. The Morgan fingerprint density at radius 3 is 2.65 bits per heavy atom. The summed E-state index contributed by atoms with van der Waals surface area (Å²) in [5, 5.41) is 0.891. The van der Waals surface area contributed by atoms with Gasteiger partial charge in [-0.2, -0.15) is 0 Å². The van der Waals surface area contributed by atoms with E-state index in [1.165, 1.54) is 0 Å². The van der Waals surface area contributed by atoms with Gasteiger partial charge in [0.1, 0.15) is 0 Å². The van der Waals surface area contributed by atoms with Gasteiger partial charge in [-0.15, -0.1) is 0 Å². The number of carbonyl (C=O) groups excluding carboxylic acids is 2. The van der Waals surface area contributed by atoms with Crippen molar-refractivity contribution in [2.45, 2.75) is 26.2 Å². The number of pyridine rings is 1. The SMILES string of the molecule is Cc1cc(C(=O)N2CCC(CC(N)=O)CC2)c2ccccc2n1. The number of aryl methyl sites for hydroxylation is 1. The zero-order chi connectivity index (χ0) is 16.4. The monoisotopic (exact) mass is 311 g/mol. The van der Waals surface area contributed by atoms with Gasteiger partial charge in [-0.3, -0.25) is 14.6 Å². The summed E-state index contributed by atoms with van der Waals surface area (Å²) >= 11 is 0. The number of piperidine rings is 1. The Labute approximate surface area is 135 Å². The molecule has 3 rings (SSSR count). The van der Waals surface area contributed by atoms with Crippen LogP contribution in [0.25, 0.3) is 10.9 Å². The molecule has 2 aromatic rings. The minimum atomic E-state index is -0.259. The fraction of sp³-hybridized carbons (Fsp3) is 0.389. The van der Waals surface area contributed by atoms with Gasteiger partial charge in [0.05, 0.1) is 11.1 Å². The molecule has 23 heavy (non-hydrogen) atoms. The summed E-state index contributed by atoms with van der Waals surface area (Å²) in [5.74, 6) is 0.0854. The van der Waals surface area contributed by atoms with Crippen LogP contribution in [0.2, 0.25) is 0 Å². The molecule has 2 N–H and O–H groups in total. The van der Waals surface area contributed by atoms with Gasteiger partial charge in [-0.25, -0.2) is 0 Å². The number of hydrogen-bond donors (Lipinski definition) is 1. The molecular formula is C18H21N3O2. The molecule has 5 heteroatoms. The fourth-order valence-corrected chi connectivity index (χ4v) is 3.28. The Balaban J connectivity index is 1.81. The summed E-state index contributed by atoms with van der Waals surface area (Å²) in [7, 11) is 0. The van der Waals surface area contributed by atoms with Gasteiger partial charge in [0.2, 0.25) is 5.91 Å². The van der Waals surface area contributed by atoms with Crippen LogP contribution in [0.15, 0.2) is 30.3 Å². The lowest BCUT2D eigenvalue weighted by Crippen LogP contribution is -2.39. The Hall–Kier alpha value is -2.43. The van der Waals surface area contributed by atoms with Crippen LogP contribution < -0.4 is 5.73 Å². The van der Waals surface area contributed by atoms with Gasteiger partial charge in [-0.05, 0) is 37.8 Å². The molecule has 1 aromatic heterocycles. The number of rotatable bonds is 3. The van der Waals surface area contributed by atoms with Crippen LogP contribution in [0.1, 0.15) is 35.3 Å². The molecule has 120 valence electrons. The number of para-hydroxylation sites is 1. The molecule has 1 fully saturated rings. The van der Waals surface area contributed by atoms with E-state index in [0.29, 0.717) is 31.0 Å². The van der Waals surface area contributed by atoms with Crippen LogP contribution in [0.3, 0.4) is 0 Å². The molecule has 0 spiro atoms. The summed E-state index contributed by atoms with van der Waals surface area (Å²) in [6.45, 7) is 3.25. The van der Waals surface area contributed by atoms with E-state index in [1.54, 1.807) is 0 Å². The van der Waals surface area contributed by atoms with Crippen molar-refractivity contribution in [1.82, 2.24) is 9.88 Å². The summed E-state index contributed by atoms with van der Waals surface area (Å²) in [6, 6.07) is 9.58. The lowest BCUT2D eigenvalue weighted by molar-refractivity contribution is -0.119. The molecule has 1 aromatic carbocycles. The first-order valence-electron chi connectivity index (χ1n) is 7.98. The minimum Gasteiger partial charge on any atom is -0.370 e. The molecule has 2 amide bonds. The molecule has 0 bridgehead atoms. The van der Waals surface area contributed by atoms with Crippen LogP contribution in [-0.2, 0) is 4.79 Å². The van der Waals surface area contributed by atoms with Crippen molar-refractivity contribution in [3.63, 3.8) is 0 Å². The summed E-state index contributed by atoms with van der Waals surface area (Å²) in [4.78, 5) is 30.3. The highest BCUT2D eigenvalue weighted by Crippen LogP contribution is 2.24. The van der Waals surface area contributed by atoms with E-state index >= 15 is 0 Å². The van der Waals surface area contributed by atoms with Gasteiger partial charge in [0, 0.05) is 30.6 Å². The molecule has 1 aliphatic heterocycles. The van der Waals surface area contributed by atoms with Crippen LogP contribution in [0, 0.1) is 12.8 Å². The van der Waals surface area contributed by atoms with E-state index in [-0.39, 0.29) is 11.8 Å². The molecule has 5 nitrogen and oxygen atoms in total. The topological polar surface area (TPSA) is 76.3 Å². The second-order valence-corrected chi connectivity index (χ2v) is 6.23. The standard InChI is InChI=1S/C18H21N3O2/c1-12-10-15(14-4-2-3-5-16(14)20-12)18(23)21-8-6-13(7-9-21)11-17(19)22/h2-5,10,13H,6-9,11H2,1H3,(H2,19,22). The average molecular weight is 311 g/mol. The molecule has 1 saturated heterocycles. The highest BCUT2D eigenvalue weighted by Gasteiger charge is 2.25. The number of benzene rings is 1. The van der Waals surface area contributed by atoms with Crippen molar-refractivity contribution in [1.29, 1.82) is 0 Å². The normalized spacial score (nSPS) is 15.8. The Morgan fingerprint density at radius 1 is 1.26 bits per heavy atom. The predicted molar refractivity (Wildman–Crippen MR) is 88.9 cm³/mol. The van der Waals surface area contributed by atoms with E-state index in [2.05, 4.69) is 4.98 Å². The van der Waals surface area contributed by atoms with Crippen molar-refractivity contribution >= 4 is 22.7 Å². The number of likely N-dealkylation sites (tertiary alicyclic amines) is 1. The fourth-order valence-electron chi connectivity index (χ4n) is 3.28. The molecule has 0 unspecified atom stereocenters. The molecule has 2 heterocycles. The number of hydrogen-bond acceptors (Lipinski definition) is 3. The van der Waals surface area contributed by atoms with E-state index in [0.717, 1.165) is 29.4 Å². The smallest absolute Gasteiger partial charge is 0.254 e. The maximum absolute atomic E-state index is 12.9. The van der Waals surface area contributed by atoms with E-state index in [1.807, 2.05) is 42.2 Å². The predicted octanol–water partition coefficient (Wildman–Crippen LogP) is 2.27. The highest BCUT2D eigenvalue weighted by molar-refractivity contribution is 6.06. The Morgan fingerprint density at radius 2 is 1.96 bits per heavy atom. The minimum absolute atomic E-state index is 0.0456. The number of fused-ring (bicyclic) bond motifs is 1. The van der Waals surface area contributed by atoms with E-state index in [9.17, 15) is 9.59 Å². The van der Waals surface area contributed by atoms with Crippen molar-refractivity contribution in [2.24, 2.45) is 11.7 Å². The van der Waals surface area contributed by atoms with Crippen molar-refractivity contribution < 1.29 is 9.59 Å². The summed E-state index contributed by atoms with van der Waals surface area (Å²) in [5.41, 5.74) is 7.66. The quantitative estimate of drug-likeness (QED) is 0.944. The Kier molecular flexibility index (Phi) is 4.28. The number of carbonyl (C=O) groups is 2. The molecule has 0 saturated carbocycles. The van der Waals surface area contributed by atoms with Gasteiger partial charge in [0.15, 0.2) is 0 Å². The number of primary amides is 1. The first-order valence-corrected chi connectivity index (χ1v) is 7.98. The maximum atomic E-state index is 12.9. The molecule has 0 atom stereocenters. The number of amides is 2. The summed E-state index contributed by atoms with van der Waals surface area (Å²) < 4.78 is 0. The van der Waals surface area contributed by atoms with E-state index < -0.39 is 0 Å². The number of nitrogens with two attached hydrogens (primary N) is 1. The molecular weight excluding hydrogens is 290 g/mol. The number of aromatic nitrogens is 1. The highest BCUT2D eigenvalue weighted by atomic mass is 16.2. The first kappa shape index (κ1) is 15.5. The van der Waals surface area contributed by atoms with Gasteiger partial charge in [0.25, 0.3) is 5.91 Å². The molecule has 0 radical (unpaired) electrons. The third-order valence-corrected chi connectivity index (χ3v) is 4.47. The van der Waals surface area contributed by atoms with Gasteiger partial charge < -0.3 is 10.6 Å². The zero-order valence-electron chi connectivity index (χ0n) is 13.3. The first-order chi connectivity index (χ1) is 11.0. The summed E-state index contributed by atoms with van der Waals surface area (Å²) in [6.07, 6.45) is 2.08. The zero-order valence-corrected chi connectivity index (χ0v) is 13.3. The molecule has 1 aliphatic rings. The van der Waals surface area contributed by atoms with Crippen LogP contribution >= 0.6 is 0 Å². The maximum Gasteiger partial charge on any atom is 0.254 e.